The molecule has 2 aliphatic rings. The summed E-state index contributed by atoms with van der Waals surface area (Å²) in [6.07, 6.45) is 2.39. The molecule has 2 N–H and O–H groups in total. The van der Waals surface area contributed by atoms with Crippen LogP contribution < -0.4 is 15.2 Å². The number of ether oxygens (including phenoxy) is 2. The molecule has 1 saturated carbocycles. The summed E-state index contributed by atoms with van der Waals surface area (Å²) in [5.74, 6) is 1.80. The number of aryl methyl sites for hydroxylation is 1. The van der Waals surface area contributed by atoms with Crippen LogP contribution in [-0.2, 0) is 5.41 Å². The predicted molar refractivity (Wildman–Crippen MR) is 62.1 cm³/mol. The monoisotopic (exact) mass is 219 g/mol. The third-order valence-electron chi connectivity index (χ3n) is 3.68. The molecule has 0 saturated heterocycles. The molecule has 0 unspecified atom stereocenters. The number of benzene rings is 1. The van der Waals surface area contributed by atoms with Gasteiger partial charge < -0.3 is 15.2 Å². The van der Waals surface area contributed by atoms with E-state index in [1.165, 1.54) is 18.4 Å². The Morgan fingerprint density at radius 2 is 2.00 bits per heavy atom. The van der Waals surface area contributed by atoms with Crippen molar-refractivity contribution < 1.29 is 9.47 Å². The van der Waals surface area contributed by atoms with Gasteiger partial charge in [-0.3, -0.25) is 0 Å². The quantitative estimate of drug-likeness (QED) is 0.824. The smallest absolute Gasteiger partial charge is 0.164 e. The predicted octanol–water partition coefficient (Wildman–Crippen LogP) is 1.76. The first-order valence-corrected chi connectivity index (χ1v) is 5.86. The van der Waals surface area contributed by atoms with E-state index in [0.29, 0.717) is 13.2 Å². The second-order valence-corrected chi connectivity index (χ2v) is 4.80. The van der Waals surface area contributed by atoms with Gasteiger partial charge in [0, 0.05) is 12.0 Å². The Morgan fingerprint density at radius 1 is 1.25 bits per heavy atom. The van der Waals surface area contributed by atoms with Crippen LogP contribution in [-0.4, -0.2) is 19.8 Å². The van der Waals surface area contributed by atoms with Gasteiger partial charge in [0.1, 0.15) is 13.2 Å². The molecule has 0 aromatic heterocycles. The normalized spacial score (nSPS) is 20.6. The van der Waals surface area contributed by atoms with Gasteiger partial charge in [0.15, 0.2) is 11.5 Å². The van der Waals surface area contributed by atoms with Crippen molar-refractivity contribution >= 4 is 0 Å². The van der Waals surface area contributed by atoms with Gasteiger partial charge in [0.2, 0.25) is 0 Å². The van der Waals surface area contributed by atoms with Crippen molar-refractivity contribution in [2.24, 2.45) is 5.73 Å². The van der Waals surface area contributed by atoms with Crippen molar-refractivity contribution in [2.45, 2.75) is 25.2 Å². The van der Waals surface area contributed by atoms with E-state index < -0.39 is 0 Å². The zero-order valence-electron chi connectivity index (χ0n) is 9.58. The average Bonchev–Trinajstić information content (AvgIpc) is 3.10. The first-order chi connectivity index (χ1) is 7.75. The van der Waals surface area contributed by atoms with Crippen LogP contribution in [0.25, 0.3) is 0 Å². The van der Waals surface area contributed by atoms with Gasteiger partial charge >= 0.3 is 0 Å². The zero-order chi connectivity index (χ0) is 11.2. The summed E-state index contributed by atoms with van der Waals surface area (Å²) < 4.78 is 11.3. The maximum atomic E-state index is 5.85. The lowest BCUT2D eigenvalue weighted by molar-refractivity contribution is 0.170. The van der Waals surface area contributed by atoms with E-state index in [1.54, 1.807) is 0 Å². The van der Waals surface area contributed by atoms with E-state index in [4.69, 9.17) is 15.2 Å². The molecule has 1 heterocycles. The molecular weight excluding hydrogens is 202 g/mol. The molecule has 1 aromatic rings. The first-order valence-electron chi connectivity index (χ1n) is 5.86. The highest BCUT2D eigenvalue weighted by Crippen LogP contribution is 2.50. The third kappa shape index (κ3) is 1.39. The molecule has 86 valence electrons. The third-order valence-corrected chi connectivity index (χ3v) is 3.68. The van der Waals surface area contributed by atoms with Gasteiger partial charge in [-0.25, -0.2) is 0 Å². The van der Waals surface area contributed by atoms with Crippen LogP contribution in [0.1, 0.15) is 24.0 Å². The summed E-state index contributed by atoms with van der Waals surface area (Å²) in [5, 5.41) is 0. The minimum Gasteiger partial charge on any atom is -0.486 e. The summed E-state index contributed by atoms with van der Waals surface area (Å²) in [4.78, 5) is 0. The van der Waals surface area contributed by atoms with E-state index in [2.05, 4.69) is 19.1 Å². The van der Waals surface area contributed by atoms with Crippen molar-refractivity contribution in [2.75, 3.05) is 19.8 Å². The molecule has 1 aliphatic heterocycles. The number of hydrogen-bond donors (Lipinski definition) is 1. The van der Waals surface area contributed by atoms with Crippen molar-refractivity contribution in [3.8, 4) is 11.5 Å². The molecule has 3 rings (SSSR count). The van der Waals surface area contributed by atoms with Gasteiger partial charge in [-0.1, -0.05) is 6.07 Å². The second kappa shape index (κ2) is 3.39. The summed E-state index contributed by atoms with van der Waals surface area (Å²) >= 11 is 0. The fourth-order valence-corrected chi connectivity index (χ4v) is 2.40. The van der Waals surface area contributed by atoms with Crippen LogP contribution in [0.15, 0.2) is 12.1 Å². The van der Waals surface area contributed by atoms with E-state index in [-0.39, 0.29) is 5.41 Å². The molecule has 0 atom stereocenters. The molecule has 1 aromatic carbocycles. The van der Waals surface area contributed by atoms with Crippen LogP contribution in [0, 0.1) is 6.92 Å². The van der Waals surface area contributed by atoms with Crippen LogP contribution in [0.4, 0.5) is 0 Å². The topological polar surface area (TPSA) is 44.5 Å². The van der Waals surface area contributed by atoms with Gasteiger partial charge in [-0.05, 0) is 37.0 Å². The molecule has 16 heavy (non-hydrogen) atoms. The fraction of sp³-hybridized carbons (Fsp3) is 0.538. The van der Waals surface area contributed by atoms with Gasteiger partial charge in [-0.15, -0.1) is 0 Å². The van der Waals surface area contributed by atoms with Crippen molar-refractivity contribution in [1.82, 2.24) is 0 Å². The molecule has 1 aliphatic carbocycles. The summed E-state index contributed by atoms with van der Waals surface area (Å²) in [6.45, 7) is 4.09. The summed E-state index contributed by atoms with van der Waals surface area (Å²) in [5.41, 5.74) is 8.55. The van der Waals surface area contributed by atoms with Crippen molar-refractivity contribution in [3.05, 3.63) is 23.3 Å². The standard InChI is InChI=1S/C13H17NO2/c1-9-6-10(13(8-14)2-3-13)7-11-12(9)16-5-4-15-11/h6-7H,2-5,8,14H2,1H3. The lowest BCUT2D eigenvalue weighted by Gasteiger charge is -2.23. The number of hydrogen-bond acceptors (Lipinski definition) is 3. The van der Waals surface area contributed by atoms with Gasteiger partial charge in [-0.2, -0.15) is 0 Å². The molecule has 0 spiro atoms. The van der Waals surface area contributed by atoms with E-state index >= 15 is 0 Å². The Bertz CT molecular complexity index is 424. The highest BCUT2D eigenvalue weighted by molar-refractivity contribution is 5.52. The largest absolute Gasteiger partial charge is 0.486 e. The maximum absolute atomic E-state index is 5.85. The Kier molecular flexibility index (Phi) is 2.11. The van der Waals surface area contributed by atoms with Crippen LogP contribution >= 0.6 is 0 Å². The Hall–Kier alpha value is -1.22. The highest BCUT2D eigenvalue weighted by Gasteiger charge is 2.43. The van der Waals surface area contributed by atoms with E-state index in [9.17, 15) is 0 Å². The molecule has 3 heteroatoms. The lowest BCUT2D eigenvalue weighted by Crippen LogP contribution is -2.21. The minimum atomic E-state index is 0.223. The van der Waals surface area contributed by atoms with Gasteiger partial charge in [0.05, 0.1) is 0 Å². The van der Waals surface area contributed by atoms with Crippen LogP contribution in [0.5, 0.6) is 11.5 Å². The zero-order valence-corrected chi connectivity index (χ0v) is 9.58. The first kappa shape index (κ1) is 9.97. The number of fused-ring (bicyclic) bond motifs is 1. The van der Waals surface area contributed by atoms with Crippen LogP contribution in [0.2, 0.25) is 0 Å². The van der Waals surface area contributed by atoms with E-state index in [1.807, 2.05) is 0 Å². The molecule has 0 bridgehead atoms. The molecule has 0 amide bonds. The van der Waals surface area contributed by atoms with Gasteiger partial charge in [0.25, 0.3) is 0 Å². The molecule has 1 fully saturated rings. The fourth-order valence-electron chi connectivity index (χ4n) is 2.40. The Morgan fingerprint density at radius 3 is 2.69 bits per heavy atom. The lowest BCUT2D eigenvalue weighted by atomic mass is 9.94. The number of nitrogens with two attached hydrogens (primary N) is 1. The Labute approximate surface area is 95.5 Å². The SMILES string of the molecule is Cc1cc(C2(CN)CC2)cc2c1OCCO2. The maximum Gasteiger partial charge on any atom is 0.164 e. The van der Waals surface area contributed by atoms with E-state index in [0.717, 1.165) is 23.6 Å². The summed E-state index contributed by atoms with van der Waals surface area (Å²) in [7, 11) is 0. The van der Waals surface area contributed by atoms with Crippen molar-refractivity contribution in [1.29, 1.82) is 0 Å². The minimum absolute atomic E-state index is 0.223. The molecular formula is C13H17NO2. The van der Waals surface area contributed by atoms with Crippen molar-refractivity contribution in [3.63, 3.8) is 0 Å². The highest BCUT2D eigenvalue weighted by atomic mass is 16.6. The Balaban J connectivity index is 2.05. The number of rotatable bonds is 2. The summed E-state index contributed by atoms with van der Waals surface area (Å²) in [6, 6.07) is 4.31. The molecule has 0 radical (unpaired) electrons. The average molecular weight is 219 g/mol. The van der Waals surface area contributed by atoms with Crippen LogP contribution in [0.3, 0.4) is 0 Å². The second-order valence-electron chi connectivity index (χ2n) is 4.80. The molecule has 3 nitrogen and oxygen atoms in total.